The van der Waals surface area contributed by atoms with Crippen LogP contribution >= 0.6 is 0 Å². The van der Waals surface area contributed by atoms with E-state index in [1.807, 2.05) is 12.1 Å². The maximum atomic E-state index is 11.2. The molecule has 5 heteroatoms. The number of likely N-dealkylation sites (tertiary alicyclic amines) is 1. The van der Waals surface area contributed by atoms with Gasteiger partial charge < -0.3 is 19.8 Å². The number of nitrogens with zero attached hydrogens (tertiary/aromatic N) is 1. The van der Waals surface area contributed by atoms with Crippen molar-refractivity contribution in [1.29, 1.82) is 0 Å². The molecule has 0 radical (unpaired) electrons. The van der Waals surface area contributed by atoms with E-state index in [1.54, 1.807) is 6.07 Å². The lowest BCUT2D eigenvalue weighted by Crippen LogP contribution is -2.46. The lowest BCUT2D eigenvalue weighted by molar-refractivity contribution is -0.105. The third-order valence-electron chi connectivity index (χ3n) is 5.43. The first-order chi connectivity index (χ1) is 11.2. The minimum atomic E-state index is -0.847. The van der Waals surface area contributed by atoms with Gasteiger partial charge in [-0.25, -0.2) is 4.79 Å². The van der Waals surface area contributed by atoms with Crippen LogP contribution in [0.3, 0.4) is 0 Å². The summed E-state index contributed by atoms with van der Waals surface area (Å²) in [4.78, 5) is 12.6. The Hall–Kier alpha value is -1.75. The van der Waals surface area contributed by atoms with E-state index in [4.69, 9.17) is 9.84 Å². The van der Waals surface area contributed by atoms with E-state index >= 15 is 0 Å². The number of phenolic OH excluding ortho intramolecular Hbond substituents is 1. The number of rotatable bonds is 1. The Labute approximate surface area is 143 Å². The Bertz CT molecular complexity index is 614. The predicted octanol–water partition coefficient (Wildman–Crippen LogP) is 3.82. The molecular formula is C19H27NO4. The van der Waals surface area contributed by atoms with Crippen LogP contribution in [0.15, 0.2) is 24.3 Å². The number of ether oxygens (including phenoxy) is 1. The quantitative estimate of drug-likeness (QED) is 0.819. The average molecular weight is 333 g/mol. The number of amides is 1. The minimum absolute atomic E-state index is 0.0242. The molecule has 1 aromatic rings. The Balaban J connectivity index is 1.85. The third-order valence-corrected chi connectivity index (χ3v) is 5.43. The normalized spacial score (nSPS) is 26.7. The molecule has 2 aliphatic heterocycles. The molecule has 2 fully saturated rings. The highest BCUT2D eigenvalue weighted by molar-refractivity contribution is 5.65. The zero-order valence-corrected chi connectivity index (χ0v) is 14.7. The minimum Gasteiger partial charge on any atom is -0.508 e. The number of piperidine rings is 1. The second kappa shape index (κ2) is 5.96. The molecule has 2 heterocycles. The van der Waals surface area contributed by atoms with Crippen LogP contribution in [-0.2, 0) is 4.74 Å². The van der Waals surface area contributed by atoms with Crippen molar-refractivity contribution in [3.8, 4) is 5.75 Å². The van der Waals surface area contributed by atoms with Crippen molar-refractivity contribution in [2.75, 3.05) is 13.1 Å². The molecule has 3 rings (SSSR count). The number of hydrogen-bond donors (Lipinski definition) is 2. The van der Waals surface area contributed by atoms with Gasteiger partial charge in [-0.2, -0.15) is 0 Å². The highest BCUT2D eigenvalue weighted by Crippen LogP contribution is 2.51. The van der Waals surface area contributed by atoms with Gasteiger partial charge in [0.1, 0.15) is 5.75 Å². The van der Waals surface area contributed by atoms with E-state index in [1.165, 1.54) is 4.90 Å². The number of hydrogen-bond acceptors (Lipinski definition) is 3. The molecule has 2 N–H and O–H groups in total. The first-order valence-electron chi connectivity index (χ1n) is 8.65. The van der Waals surface area contributed by atoms with Crippen molar-refractivity contribution in [1.82, 2.24) is 4.90 Å². The zero-order valence-electron chi connectivity index (χ0n) is 14.7. The van der Waals surface area contributed by atoms with Crippen molar-refractivity contribution in [3.63, 3.8) is 0 Å². The SMILES string of the molecule is CC(C)(C)C1OC2(CCN(C(=O)O)CC2)C[C@@H]1c1cccc(O)c1. The summed E-state index contributed by atoms with van der Waals surface area (Å²) in [6, 6.07) is 7.45. The van der Waals surface area contributed by atoms with Crippen molar-refractivity contribution >= 4 is 6.09 Å². The second-order valence-electron chi connectivity index (χ2n) is 8.26. The summed E-state index contributed by atoms with van der Waals surface area (Å²) >= 11 is 0. The lowest BCUT2D eigenvalue weighted by Gasteiger charge is -2.39. The molecule has 0 aromatic heterocycles. The maximum absolute atomic E-state index is 11.2. The van der Waals surface area contributed by atoms with Crippen LogP contribution in [0, 0.1) is 5.41 Å². The van der Waals surface area contributed by atoms with Crippen molar-refractivity contribution in [2.24, 2.45) is 5.41 Å². The van der Waals surface area contributed by atoms with E-state index in [9.17, 15) is 9.90 Å². The molecule has 1 aromatic carbocycles. The fraction of sp³-hybridized carbons (Fsp3) is 0.632. The summed E-state index contributed by atoms with van der Waals surface area (Å²) in [5.74, 6) is 0.496. The molecule has 1 amide bonds. The van der Waals surface area contributed by atoms with Gasteiger partial charge >= 0.3 is 6.09 Å². The molecule has 24 heavy (non-hydrogen) atoms. The number of carboxylic acid groups (broad SMARTS) is 1. The monoisotopic (exact) mass is 333 g/mol. The van der Waals surface area contributed by atoms with Crippen LogP contribution in [0.1, 0.15) is 51.5 Å². The topological polar surface area (TPSA) is 70.0 Å². The van der Waals surface area contributed by atoms with Gasteiger partial charge in [-0.1, -0.05) is 32.9 Å². The van der Waals surface area contributed by atoms with Gasteiger partial charge in [0.15, 0.2) is 0 Å². The molecule has 1 unspecified atom stereocenters. The maximum Gasteiger partial charge on any atom is 0.407 e. The van der Waals surface area contributed by atoms with E-state index < -0.39 is 6.09 Å². The Morgan fingerprint density at radius 2 is 1.96 bits per heavy atom. The van der Waals surface area contributed by atoms with Crippen molar-refractivity contribution < 1.29 is 19.7 Å². The highest BCUT2D eigenvalue weighted by Gasteiger charge is 2.51. The molecule has 2 saturated heterocycles. The summed E-state index contributed by atoms with van der Waals surface area (Å²) in [5.41, 5.74) is 0.830. The Morgan fingerprint density at radius 1 is 1.29 bits per heavy atom. The largest absolute Gasteiger partial charge is 0.508 e. The molecule has 0 saturated carbocycles. The average Bonchev–Trinajstić information content (AvgIpc) is 2.87. The first kappa shape index (κ1) is 17.1. The summed E-state index contributed by atoms with van der Waals surface area (Å²) in [5, 5.41) is 19.0. The summed E-state index contributed by atoms with van der Waals surface area (Å²) in [6.45, 7) is 7.59. The predicted molar refractivity (Wildman–Crippen MR) is 91.4 cm³/mol. The van der Waals surface area contributed by atoms with Crippen LogP contribution in [0.4, 0.5) is 4.79 Å². The smallest absolute Gasteiger partial charge is 0.407 e. The Kier molecular flexibility index (Phi) is 4.24. The first-order valence-corrected chi connectivity index (χ1v) is 8.65. The fourth-order valence-corrected chi connectivity index (χ4v) is 4.16. The molecule has 1 spiro atoms. The van der Waals surface area contributed by atoms with Crippen LogP contribution in [0.2, 0.25) is 0 Å². The molecule has 2 atom stereocenters. The van der Waals surface area contributed by atoms with E-state index in [0.717, 1.165) is 24.8 Å². The van der Waals surface area contributed by atoms with Gasteiger partial charge in [-0.05, 0) is 42.4 Å². The molecule has 132 valence electrons. The van der Waals surface area contributed by atoms with E-state index in [0.29, 0.717) is 13.1 Å². The van der Waals surface area contributed by atoms with Gasteiger partial charge in [0, 0.05) is 19.0 Å². The van der Waals surface area contributed by atoms with Gasteiger partial charge in [0.05, 0.1) is 11.7 Å². The lowest BCUT2D eigenvalue weighted by atomic mass is 9.75. The van der Waals surface area contributed by atoms with Gasteiger partial charge in [0.2, 0.25) is 0 Å². The molecule has 0 bridgehead atoms. The Morgan fingerprint density at radius 3 is 2.50 bits per heavy atom. The number of benzene rings is 1. The molecule has 5 nitrogen and oxygen atoms in total. The highest BCUT2D eigenvalue weighted by atomic mass is 16.5. The summed E-state index contributed by atoms with van der Waals surface area (Å²) < 4.78 is 6.59. The molecule has 0 aliphatic carbocycles. The standard InChI is InChI=1S/C19H27NO4/c1-18(2,3)16-15(13-5-4-6-14(21)11-13)12-19(24-16)7-9-20(10-8-19)17(22)23/h4-6,11,15-16,21H,7-10,12H2,1-3H3,(H,22,23)/t15-,16?/m1/s1. The van der Waals surface area contributed by atoms with Gasteiger partial charge in [-0.3, -0.25) is 0 Å². The number of carbonyl (C=O) groups is 1. The van der Waals surface area contributed by atoms with Gasteiger partial charge in [-0.15, -0.1) is 0 Å². The molecular weight excluding hydrogens is 306 g/mol. The van der Waals surface area contributed by atoms with Gasteiger partial charge in [0.25, 0.3) is 0 Å². The summed E-state index contributed by atoms with van der Waals surface area (Å²) in [7, 11) is 0. The van der Waals surface area contributed by atoms with Crippen LogP contribution in [-0.4, -0.2) is 46.0 Å². The number of phenols is 1. The second-order valence-corrected chi connectivity index (χ2v) is 8.26. The van der Waals surface area contributed by atoms with Crippen LogP contribution in [0.25, 0.3) is 0 Å². The van der Waals surface area contributed by atoms with E-state index in [-0.39, 0.29) is 28.8 Å². The van der Waals surface area contributed by atoms with Crippen LogP contribution in [0.5, 0.6) is 5.75 Å². The van der Waals surface area contributed by atoms with Crippen molar-refractivity contribution in [2.45, 2.75) is 57.7 Å². The zero-order chi connectivity index (χ0) is 17.5. The number of aromatic hydroxyl groups is 1. The fourth-order valence-electron chi connectivity index (χ4n) is 4.16. The third kappa shape index (κ3) is 3.22. The molecule has 2 aliphatic rings. The van der Waals surface area contributed by atoms with Crippen LogP contribution < -0.4 is 0 Å². The van der Waals surface area contributed by atoms with E-state index in [2.05, 4.69) is 26.8 Å². The summed E-state index contributed by atoms with van der Waals surface area (Å²) in [6.07, 6.45) is 1.56. The van der Waals surface area contributed by atoms with Crippen molar-refractivity contribution in [3.05, 3.63) is 29.8 Å².